The summed E-state index contributed by atoms with van der Waals surface area (Å²) in [7, 11) is 0. The van der Waals surface area contributed by atoms with E-state index in [0.717, 1.165) is 0 Å². The molecule has 1 saturated carbocycles. The minimum Gasteiger partial charge on any atom is -0.425 e. The summed E-state index contributed by atoms with van der Waals surface area (Å²) in [5.74, 6) is -3.56. The third kappa shape index (κ3) is 8.10. The van der Waals surface area contributed by atoms with Gasteiger partial charge in [-0.25, -0.2) is 19.2 Å². The number of para-hydroxylation sites is 4. The van der Waals surface area contributed by atoms with Crippen LogP contribution in [0.2, 0.25) is 0 Å². The number of nitrogens with one attached hydrogen (secondary N) is 4. The minimum absolute atomic E-state index is 0.283. The third-order valence-electron chi connectivity index (χ3n) is 12.8. The van der Waals surface area contributed by atoms with Gasteiger partial charge in [0.1, 0.15) is 23.0 Å². The van der Waals surface area contributed by atoms with Crippen molar-refractivity contribution >= 4 is 68.4 Å². The van der Waals surface area contributed by atoms with Crippen LogP contribution in [0.5, 0.6) is 23.0 Å². The van der Waals surface area contributed by atoms with Crippen LogP contribution in [0.4, 0.5) is 22.7 Å². The first-order valence-corrected chi connectivity index (χ1v) is 22.5. The highest BCUT2D eigenvalue weighted by molar-refractivity contribution is 6.09. The zero-order valence-corrected chi connectivity index (χ0v) is 36.8. The second kappa shape index (κ2) is 18.3. The van der Waals surface area contributed by atoms with E-state index in [1.165, 1.54) is 0 Å². The number of ether oxygens (including phenoxy) is 4. The van der Waals surface area contributed by atoms with Crippen molar-refractivity contribution in [1.82, 2.24) is 9.97 Å². The number of esters is 4. The molecule has 3 aliphatic rings. The molecule has 0 spiro atoms. The fourth-order valence-electron chi connectivity index (χ4n) is 9.49. The summed E-state index contributed by atoms with van der Waals surface area (Å²) in [5.41, 5.74) is 3.63. The molecular formula is C54H42N6O10. The number of carbonyl (C=O) groups excluding carboxylic acids is 4. The number of anilines is 4. The average Bonchev–Trinajstić information content (AvgIpc) is 3.67. The van der Waals surface area contributed by atoms with Crippen LogP contribution in [0, 0.1) is 0 Å². The second-order valence-electron chi connectivity index (χ2n) is 17.0. The van der Waals surface area contributed by atoms with E-state index in [1.54, 1.807) is 170 Å². The third-order valence-corrected chi connectivity index (χ3v) is 12.8. The fraction of sp³-hybridized carbons (Fsp3) is 0.148. The molecule has 6 aromatic carbocycles. The smallest absolute Gasteiger partial charge is 0.336 e. The van der Waals surface area contributed by atoms with Crippen LogP contribution in [0.15, 0.2) is 170 Å². The van der Waals surface area contributed by atoms with Gasteiger partial charge in [-0.1, -0.05) is 84.9 Å². The molecule has 4 atom stereocenters. The topological polar surface area (TPSA) is 220 Å². The molecule has 2 aromatic heterocycles. The molecule has 70 heavy (non-hydrogen) atoms. The van der Waals surface area contributed by atoms with E-state index >= 15 is 0 Å². The summed E-state index contributed by atoms with van der Waals surface area (Å²) in [6.45, 7) is 0. The number of nitrogens with zero attached hydrogens (tertiary/aromatic N) is 2. The quantitative estimate of drug-likeness (QED) is 0.0603. The van der Waals surface area contributed by atoms with Gasteiger partial charge in [0.25, 0.3) is 0 Å². The molecule has 0 saturated heterocycles. The maximum atomic E-state index is 14.0. The van der Waals surface area contributed by atoms with E-state index in [-0.39, 0.29) is 23.0 Å². The Morgan fingerprint density at radius 3 is 0.929 bits per heavy atom. The van der Waals surface area contributed by atoms with Crippen molar-refractivity contribution in [2.75, 3.05) is 21.3 Å². The molecule has 348 valence electrons. The Bertz CT molecular complexity index is 2930. The van der Waals surface area contributed by atoms with Gasteiger partial charge in [0.05, 0.1) is 23.2 Å². The Morgan fingerprint density at radius 2 is 0.643 bits per heavy atom. The van der Waals surface area contributed by atoms with Gasteiger partial charge in [0.2, 0.25) is 0 Å². The summed E-state index contributed by atoms with van der Waals surface area (Å²) in [4.78, 5) is 65.4. The van der Waals surface area contributed by atoms with Gasteiger partial charge in [-0.2, -0.15) is 0 Å². The fourth-order valence-corrected chi connectivity index (χ4v) is 9.49. The molecule has 4 heterocycles. The lowest BCUT2D eigenvalue weighted by Gasteiger charge is -2.47. The number of aliphatic hydroxyl groups is 2. The van der Waals surface area contributed by atoms with Crippen LogP contribution in [-0.4, -0.2) is 80.4 Å². The standard InChI is InChI=1S/C54H42N6O10/c61-49-39(33-21-23-35-41-37(25-27-55-43(33)41)59-47(53(65)69-31-17-9-3-10-18-31)45(57-35)51(63)67-29-13-5-1-6-14-29)50(62)40(49)34-22-24-36-42-38(26-28-56-44(34)42)60-48(54(66)70-32-19-11-4-12-20-32)46(58-36)52(64)68-30-15-7-2-8-16-30/h1-28,39-40,45-50,57-62H. The van der Waals surface area contributed by atoms with Crippen LogP contribution in [-0.2, 0) is 19.2 Å². The van der Waals surface area contributed by atoms with Gasteiger partial charge in [-0.3, -0.25) is 9.97 Å². The lowest BCUT2D eigenvalue weighted by atomic mass is 9.62. The second-order valence-corrected chi connectivity index (χ2v) is 17.0. The Hall–Kier alpha value is -8.86. The zero-order valence-electron chi connectivity index (χ0n) is 36.8. The molecule has 1 aliphatic carbocycles. The summed E-state index contributed by atoms with van der Waals surface area (Å²) in [5, 5.41) is 38.3. The highest BCUT2D eigenvalue weighted by atomic mass is 16.6. The lowest BCUT2D eigenvalue weighted by molar-refractivity contribution is -0.142. The van der Waals surface area contributed by atoms with E-state index in [0.29, 0.717) is 55.7 Å². The molecule has 8 aromatic rings. The summed E-state index contributed by atoms with van der Waals surface area (Å²) in [6.07, 6.45) is 0.769. The van der Waals surface area contributed by atoms with E-state index < -0.39 is 72.1 Å². The normalized spacial score (nSPS) is 22.0. The molecule has 16 nitrogen and oxygen atoms in total. The SMILES string of the molecule is O=C(Oc1ccccc1)C1Nc2ccnc3c(C4C(O)C(c5ccc6c7c(ccnc57)NC(C(=O)Oc5ccccc5)C(C(=O)Oc5ccccc5)N6)C4O)ccc(c23)NC1C(=O)Oc1ccccc1. The van der Waals surface area contributed by atoms with Crippen LogP contribution >= 0.6 is 0 Å². The number of pyridine rings is 2. The van der Waals surface area contributed by atoms with Crippen LogP contribution < -0.4 is 40.2 Å². The molecule has 0 bridgehead atoms. The first-order valence-electron chi connectivity index (χ1n) is 22.5. The number of benzene rings is 6. The van der Waals surface area contributed by atoms with Crippen molar-refractivity contribution in [3.05, 3.63) is 181 Å². The highest BCUT2D eigenvalue weighted by Gasteiger charge is 2.52. The number of aliphatic hydroxyl groups excluding tert-OH is 2. The van der Waals surface area contributed by atoms with E-state index in [4.69, 9.17) is 28.9 Å². The van der Waals surface area contributed by atoms with Gasteiger partial charge in [-0.15, -0.1) is 0 Å². The number of aromatic nitrogens is 2. The molecule has 11 rings (SSSR count). The van der Waals surface area contributed by atoms with Crippen molar-refractivity contribution < 1.29 is 48.3 Å². The number of carbonyl (C=O) groups is 4. The number of hydrogen-bond donors (Lipinski definition) is 6. The summed E-state index contributed by atoms with van der Waals surface area (Å²) >= 11 is 0. The predicted octanol–water partition coefficient (Wildman–Crippen LogP) is 6.96. The van der Waals surface area contributed by atoms with Gasteiger partial charge < -0.3 is 50.4 Å². The average molecular weight is 935 g/mol. The highest BCUT2D eigenvalue weighted by Crippen LogP contribution is 2.53. The minimum atomic E-state index is -1.29. The van der Waals surface area contributed by atoms with Crippen molar-refractivity contribution in [3.63, 3.8) is 0 Å². The summed E-state index contributed by atoms with van der Waals surface area (Å²) in [6, 6.07) is 39.1. The van der Waals surface area contributed by atoms with Crippen molar-refractivity contribution in [2.24, 2.45) is 0 Å². The predicted molar refractivity (Wildman–Crippen MR) is 259 cm³/mol. The number of hydrogen-bond acceptors (Lipinski definition) is 16. The van der Waals surface area contributed by atoms with Gasteiger partial charge in [-0.05, 0) is 83.9 Å². The van der Waals surface area contributed by atoms with E-state index in [1.807, 2.05) is 0 Å². The van der Waals surface area contributed by atoms with Gasteiger partial charge in [0.15, 0.2) is 24.2 Å². The van der Waals surface area contributed by atoms with E-state index in [9.17, 15) is 29.4 Å². The van der Waals surface area contributed by atoms with Crippen molar-refractivity contribution in [1.29, 1.82) is 0 Å². The molecule has 1 fully saturated rings. The lowest BCUT2D eigenvalue weighted by Crippen LogP contribution is -2.52. The van der Waals surface area contributed by atoms with Crippen LogP contribution in [0.3, 0.4) is 0 Å². The first-order chi connectivity index (χ1) is 34.2. The maximum Gasteiger partial charge on any atom is 0.336 e. The van der Waals surface area contributed by atoms with Crippen LogP contribution in [0.25, 0.3) is 21.8 Å². The monoisotopic (exact) mass is 934 g/mol. The van der Waals surface area contributed by atoms with Crippen molar-refractivity contribution in [3.8, 4) is 23.0 Å². The molecule has 6 N–H and O–H groups in total. The molecule has 0 radical (unpaired) electrons. The van der Waals surface area contributed by atoms with E-state index in [2.05, 4.69) is 21.3 Å². The summed E-state index contributed by atoms with van der Waals surface area (Å²) < 4.78 is 23.0. The largest absolute Gasteiger partial charge is 0.425 e. The van der Waals surface area contributed by atoms with Gasteiger partial charge >= 0.3 is 23.9 Å². The molecule has 4 unspecified atom stereocenters. The number of rotatable bonds is 10. The van der Waals surface area contributed by atoms with Crippen molar-refractivity contribution in [2.45, 2.75) is 48.2 Å². The molecule has 2 aliphatic heterocycles. The Kier molecular flexibility index (Phi) is 11.4. The molecule has 16 heteroatoms. The van der Waals surface area contributed by atoms with Crippen LogP contribution in [0.1, 0.15) is 23.0 Å². The zero-order chi connectivity index (χ0) is 47.9. The molecular weight excluding hydrogens is 893 g/mol. The first kappa shape index (κ1) is 43.7. The Morgan fingerprint density at radius 1 is 0.371 bits per heavy atom. The Labute approximate surface area is 399 Å². The van der Waals surface area contributed by atoms with Gasteiger partial charge in [0, 0.05) is 57.8 Å². The Balaban J connectivity index is 0.915. The molecule has 0 amide bonds. The maximum absolute atomic E-state index is 14.0.